The van der Waals surface area contributed by atoms with Crippen molar-refractivity contribution in [3.8, 4) is 5.69 Å². The number of imide groups is 1. The van der Waals surface area contributed by atoms with E-state index in [4.69, 9.17) is 0 Å². The third-order valence-electron chi connectivity index (χ3n) is 5.66. The van der Waals surface area contributed by atoms with Crippen LogP contribution in [0.25, 0.3) is 5.69 Å². The van der Waals surface area contributed by atoms with E-state index in [0.29, 0.717) is 29.4 Å². The number of rotatable bonds is 4. The summed E-state index contributed by atoms with van der Waals surface area (Å²) in [7, 11) is 0. The number of benzene rings is 2. The first-order chi connectivity index (χ1) is 15.6. The van der Waals surface area contributed by atoms with Gasteiger partial charge < -0.3 is 4.90 Å². The summed E-state index contributed by atoms with van der Waals surface area (Å²) < 4.78 is 1.54. The average Bonchev–Trinajstić information content (AvgIpc) is 3.29. The molecule has 1 aromatic heterocycles. The Kier molecular flexibility index (Phi) is 5.44. The molecule has 0 radical (unpaired) electrons. The summed E-state index contributed by atoms with van der Waals surface area (Å²) in [5, 5.41) is 12.2. The van der Waals surface area contributed by atoms with Crippen molar-refractivity contribution in [2.45, 2.75) is 30.5 Å². The van der Waals surface area contributed by atoms with Gasteiger partial charge in [0.2, 0.25) is 11.1 Å². The minimum Gasteiger partial charge on any atom is -0.327 e. The normalized spacial score (nSPS) is 18.2. The van der Waals surface area contributed by atoms with Crippen LogP contribution in [0.15, 0.2) is 59.8 Å². The van der Waals surface area contributed by atoms with Gasteiger partial charge in [-0.05, 0) is 54.0 Å². The lowest BCUT2D eigenvalue weighted by molar-refractivity contribution is -0.128. The molecule has 2 aliphatic heterocycles. The molecule has 32 heavy (non-hydrogen) atoms. The fourth-order valence-corrected chi connectivity index (χ4v) is 4.89. The van der Waals surface area contributed by atoms with Crippen LogP contribution in [0.3, 0.4) is 0 Å². The fourth-order valence-electron chi connectivity index (χ4n) is 4.15. The largest absolute Gasteiger partial charge is 0.327 e. The van der Waals surface area contributed by atoms with Crippen LogP contribution in [0, 0.1) is 0 Å². The highest BCUT2D eigenvalue weighted by atomic mass is 32.2. The number of para-hydroxylation sites is 2. The quantitative estimate of drug-likeness (QED) is 0.565. The summed E-state index contributed by atoms with van der Waals surface area (Å²) in [6.07, 6.45) is 2.25. The van der Waals surface area contributed by atoms with Crippen molar-refractivity contribution in [3.63, 3.8) is 0 Å². The van der Waals surface area contributed by atoms with Gasteiger partial charge in [0.1, 0.15) is 6.04 Å². The standard InChI is InChI=1S/C22H20N6O3S/c29-19(14-32-22-23-24-25-28(22)15-8-2-1-3-9-15)27-17-11-5-4-10-16(17)20(30)26-13-7-6-12-18(26)21(27)31/h1-5,8-11,18H,6-7,12-14H2/t18-/m0/s1. The summed E-state index contributed by atoms with van der Waals surface area (Å²) in [4.78, 5) is 42.7. The minimum atomic E-state index is -0.618. The van der Waals surface area contributed by atoms with Crippen molar-refractivity contribution in [2.24, 2.45) is 0 Å². The predicted octanol–water partition coefficient (Wildman–Crippen LogP) is 2.32. The molecular weight excluding hydrogens is 428 g/mol. The van der Waals surface area contributed by atoms with Crippen LogP contribution >= 0.6 is 11.8 Å². The van der Waals surface area contributed by atoms with Crippen LogP contribution in [0.2, 0.25) is 0 Å². The van der Waals surface area contributed by atoms with E-state index in [0.717, 1.165) is 30.3 Å². The van der Waals surface area contributed by atoms with Gasteiger partial charge in [0.25, 0.3) is 11.8 Å². The fraction of sp³-hybridized carbons (Fsp3) is 0.273. The van der Waals surface area contributed by atoms with Crippen LogP contribution in [-0.4, -0.2) is 61.2 Å². The molecule has 0 N–H and O–H groups in total. The van der Waals surface area contributed by atoms with Gasteiger partial charge in [-0.1, -0.05) is 42.1 Å². The van der Waals surface area contributed by atoms with E-state index in [1.807, 2.05) is 30.3 Å². The average molecular weight is 449 g/mol. The van der Waals surface area contributed by atoms with Crippen molar-refractivity contribution in [1.29, 1.82) is 0 Å². The Labute approximate surface area is 188 Å². The smallest absolute Gasteiger partial charge is 0.256 e. The van der Waals surface area contributed by atoms with Crippen molar-refractivity contribution < 1.29 is 14.4 Å². The topological polar surface area (TPSA) is 101 Å². The summed E-state index contributed by atoms with van der Waals surface area (Å²) in [6.45, 7) is 0.520. The molecule has 1 fully saturated rings. The molecule has 5 rings (SSSR count). The van der Waals surface area contributed by atoms with Gasteiger partial charge in [-0.3, -0.25) is 14.4 Å². The maximum absolute atomic E-state index is 13.4. The summed E-state index contributed by atoms with van der Waals surface area (Å²) >= 11 is 1.15. The molecule has 9 nitrogen and oxygen atoms in total. The molecule has 10 heteroatoms. The SMILES string of the molecule is O=C(CSc1nnnn1-c1ccccc1)N1C(=O)[C@@H]2CCCCN2C(=O)c2ccccc21. The first kappa shape index (κ1) is 20.4. The first-order valence-electron chi connectivity index (χ1n) is 10.4. The molecule has 0 bridgehead atoms. The second-order valence-electron chi connectivity index (χ2n) is 7.59. The maximum atomic E-state index is 13.4. The van der Waals surface area contributed by atoms with E-state index in [9.17, 15) is 14.4 Å². The van der Waals surface area contributed by atoms with Gasteiger partial charge in [-0.15, -0.1) is 5.10 Å². The predicted molar refractivity (Wildman–Crippen MR) is 117 cm³/mol. The number of hydrogen-bond acceptors (Lipinski definition) is 7. The lowest BCUT2D eigenvalue weighted by Gasteiger charge is -2.33. The Hall–Kier alpha value is -3.53. The molecule has 1 saturated heterocycles. The van der Waals surface area contributed by atoms with Crippen molar-refractivity contribution >= 4 is 35.2 Å². The second-order valence-corrected chi connectivity index (χ2v) is 8.53. The van der Waals surface area contributed by atoms with Crippen LogP contribution in [0.1, 0.15) is 29.6 Å². The zero-order valence-corrected chi connectivity index (χ0v) is 17.9. The van der Waals surface area contributed by atoms with Crippen molar-refractivity contribution in [2.75, 3.05) is 17.2 Å². The molecule has 0 spiro atoms. The van der Waals surface area contributed by atoms with Gasteiger partial charge in [0, 0.05) is 6.54 Å². The number of carbonyl (C=O) groups excluding carboxylic acids is 3. The second kappa shape index (κ2) is 8.54. The molecule has 2 aromatic carbocycles. The highest BCUT2D eigenvalue weighted by molar-refractivity contribution is 7.99. The first-order valence-corrected chi connectivity index (χ1v) is 11.4. The number of fused-ring (bicyclic) bond motifs is 2. The highest BCUT2D eigenvalue weighted by Gasteiger charge is 2.42. The Morgan fingerprint density at radius 2 is 1.81 bits per heavy atom. The summed E-state index contributed by atoms with van der Waals surface area (Å²) in [5.74, 6) is -1.00. The van der Waals surface area contributed by atoms with E-state index >= 15 is 0 Å². The van der Waals surface area contributed by atoms with Gasteiger partial charge in [-0.25, -0.2) is 4.90 Å². The van der Waals surface area contributed by atoms with Gasteiger partial charge in [0.05, 0.1) is 22.7 Å². The number of nitrogens with zero attached hydrogens (tertiary/aromatic N) is 6. The molecule has 162 valence electrons. The van der Waals surface area contributed by atoms with Gasteiger partial charge in [0.15, 0.2) is 0 Å². The minimum absolute atomic E-state index is 0.0474. The molecule has 3 aromatic rings. The molecule has 0 saturated carbocycles. The third-order valence-corrected chi connectivity index (χ3v) is 6.56. The van der Waals surface area contributed by atoms with Crippen LogP contribution < -0.4 is 4.90 Å². The van der Waals surface area contributed by atoms with Crippen LogP contribution in [0.4, 0.5) is 5.69 Å². The number of tetrazole rings is 1. The zero-order valence-electron chi connectivity index (χ0n) is 17.1. The zero-order chi connectivity index (χ0) is 22.1. The molecule has 0 unspecified atom stereocenters. The van der Waals surface area contributed by atoms with Gasteiger partial charge >= 0.3 is 0 Å². The Morgan fingerprint density at radius 3 is 2.66 bits per heavy atom. The number of piperidine rings is 1. The summed E-state index contributed by atoms with van der Waals surface area (Å²) in [5.41, 5.74) is 1.48. The maximum Gasteiger partial charge on any atom is 0.256 e. The molecule has 0 aliphatic carbocycles. The number of anilines is 1. The van der Waals surface area contributed by atoms with E-state index in [2.05, 4.69) is 15.5 Å². The number of amides is 3. The number of hydrogen-bond donors (Lipinski definition) is 0. The van der Waals surface area contributed by atoms with E-state index in [1.165, 1.54) is 4.90 Å². The molecule has 2 aliphatic rings. The Morgan fingerprint density at radius 1 is 1.03 bits per heavy atom. The lowest BCUT2D eigenvalue weighted by Crippen LogP contribution is -2.52. The molecule has 3 amide bonds. The summed E-state index contributed by atoms with van der Waals surface area (Å²) in [6, 6.07) is 15.5. The number of aromatic nitrogens is 4. The molecular formula is C22H20N6O3S. The Balaban J connectivity index is 1.43. The monoisotopic (exact) mass is 448 g/mol. The van der Waals surface area contributed by atoms with Crippen LogP contribution in [0.5, 0.6) is 0 Å². The van der Waals surface area contributed by atoms with E-state index in [-0.39, 0.29) is 17.6 Å². The number of carbonyl (C=O) groups is 3. The van der Waals surface area contributed by atoms with Crippen LogP contribution in [-0.2, 0) is 9.59 Å². The lowest BCUT2D eigenvalue weighted by atomic mass is 10.0. The van der Waals surface area contributed by atoms with E-state index < -0.39 is 11.9 Å². The third kappa shape index (κ3) is 3.56. The molecule has 3 heterocycles. The van der Waals surface area contributed by atoms with E-state index in [1.54, 1.807) is 33.8 Å². The van der Waals surface area contributed by atoms with Crippen molar-refractivity contribution in [1.82, 2.24) is 25.1 Å². The Bertz CT molecular complexity index is 1180. The number of thioether (sulfide) groups is 1. The van der Waals surface area contributed by atoms with Crippen molar-refractivity contribution in [3.05, 3.63) is 60.2 Å². The highest BCUT2D eigenvalue weighted by Crippen LogP contribution is 2.32. The molecule has 1 atom stereocenters. The van der Waals surface area contributed by atoms with Gasteiger partial charge in [-0.2, -0.15) is 4.68 Å².